The molecule has 0 saturated carbocycles. The Hall–Kier alpha value is -1.79. The van der Waals surface area contributed by atoms with Gasteiger partial charge < -0.3 is 4.57 Å². The Morgan fingerprint density at radius 3 is 2.83 bits per heavy atom. The number of nitrogens with one attached hydrogen (secondary N) is 1. The SMILES string of the molecule is Cn1ccnc1CC(NN)c1cc(F)ccc1F. The molecule has 3 N–H and O–H groups in total. The summed E-state index contributed by atoms with van der Waals surface area (Å²) in [6, 6.07) is 2.78. The Bertz CT molecular complexity index is 539. The molecule has 1 aromatic carbocycles. The smallest absolute Gasteiger partial charge is 0.128 e. The van der Waals surface area contributed by atoms with Crippen LogP contribution in [0.25, 0.3) is 0 Å². The molecule has 0 bridgehead atoms. The van der Waals surface area contributed by atoms with Crippen LogP contribution in [0.15, 0.2) is 30.6 Å². The molecule has 2 aromatic rings. The van der Waals surface area contributed by atoms with Crippen molar-refractivity contribution in [3.8, 4) is 0 Å². The first-order valence-electron chi connectivity index (χ1n) is 5.49. The molecule has 4 nitrogen and oxygen atoms in total. The fourth-order valence-corrected chi connectivity index (χ4v) is 1.82. The van der Waals surface area contributed by atoms with Gasteiger partial charge in [-0.05, 0) is 18.2 Å². The standard InChI is InChI=1S/C12H14F2N4/c1-18-5-4-16-12(18)7-11(17-15)9-6-8(13)2-3-10(9)14/h2-6,11,17H,7,15H2,1H3. The lowest BCUT2D eigenvalue weighted by atomic mass is 10.0. The summed E-state index contributed by atoms with van der Waals surface area (Å²) in [5.74, 6) is 5.17. The third-order valence-corrected chi connectivity index (χ3v) is 2.84. The third-order valence-electron chi connectivity index (χ3n) is 2.84. The van der Waals surface area contributed by atoms with Crippen LogP contribution >= 0.6 is 0 Å². The number of nitrogens with zero attached hydrogens (tertiary/aromatic N) is 2. The van der Waals surface area contributed by atoms with E-state index in [0.29, 0.717) is 6.42 Å². The summed E-state index contributed by atoms with van der Waals surface area (Å²) in [6.07, 6.45) is 3.80. The minimum atomic E-state index is -0.526. The van der Waals surface area contributed by atoms with Gasteiger partial charge >= 0.3 is 0 Å². The summed E-state index contributed by atoms with van der Waals surface area (Å²) in [6.45, 7) is 0. The Morgan fingerprint density at radius 2 is 2.22 bits per heavy atom. The second kappa shape index (κ2) is 5.24. The van der Waals surface area contributed by atoms with Gasteiger partial charge in [0.2, 0.25) is 0 Å². The number of rotatable bonds is 4. The molecule has 1 heterocycles. The zero-order valence-electron chi connectivity index (χ0n) is 9.90. The van der Waals surface area contributed by atoms with Crippen LogP contribution in [0.5, 0.6) is 0 Å². The molecule has 0 aliphatic rings. The zero-order valence-corrected chi connectivity index (χ0v) is 9.90. The quantitative estimate of drug-likeness (QED) is 0.639. The van der Waals surface area contributed by atoms with Crippen molar-refractivity contribution in [2.45, 2.75) is 12.5 Å². The maximum Gasteiger partial charge on any atom is 0.128 e. The molecule has 0 aliphatic heterocycles. The van der Waals surface area contributed by atoms with Gasteiger partial charge in [0, 0.05) is 31.4 Å². The van der Waals surface area contributed by atoms with E-state index in [1.165, 1.54) is 0 Å². The van der Waals surface area contributed by atoms with Crippen LogP contribution in [-0.4, -0.2) is 9.55 Å². The van der Waals surface area contributed by atoms with E-state index in [1.54, 1.807) is 12.4 Å². The van der Waals surface area contributed by atoms with Gasteiger partial charge in [-0.3, -0.25) is 11.3 Å². The van der Waals surface area contributed by atoms with Crippen LogP contribution in [0.4, 0.5) is 8.78 Å². The summed E-state index contributed by atoms with van der Waals surface area (Å²) < 4.78 is 28.6. The summed E-state index contributed by atoms with van der Waals surface area (Å²) >= 11 is 0. The second-order valence-electron chi connectivity index (χ2n) is 4.04. The van der Waals surface area contributed by atoms with Crippen LogP contribution < -0.4 is 11.3 Å². The van der Waals surface area contributed by atoms with Crippen LogP contribution in [0.1, 0.15) is 17.4 Å². The van der Waals surface area contributed by atoms with Crippen LogP contribution in [0.3, 0.4) is 0 Å². The van der Waals surface area contributed by atoms with Crippen molar-refractivity contribution in [3.05, 3.63) is 53.6 Å². The van der Waals surface area contributed by atoms with E-state index in [1.807, 2.05) is 11.6 Å². The van der Waals surface area contributed by atoms with E-state index >= 15 is 0 Å². The summed E-state index contributed by atoms with van der Waals surface area (Å²) in [5.41, 5.74) is 2.69. The van der Waals surface area contributed by atoms with E-state index in [-0.39, 0.29) is 5.56 Å². The van der Waals surface area contributed by atoms with E-state index < -0.39 is 17.7 Å². The molecule has 0 fully saturated rings. The molecule has 96 valence electrons. The second-order valence-corrected chi connectivity index (χ2v) is 4.04. The summed E-state index contributed by atoms with van der Waals surface area (Å²) in [5, 5.41) is 0. The number of hydrazine groups is 1. The number of hydrogen-bond donors (Lipinski definition) is 2. The van der Waals surface area contributed by atoms with Gasteiger partial charge in [-0.15, -0.1) is 0 Å². The van der Waals surface area contributed by atoms with Crippen LogP contribution in [0.2, 0.25) is 0 Å². The number of hydrogen-bond acceptors (Lipinski definition) is 3. The lowest BCUT2D eigenvalue weighted by Crippen LogP contribution is -2.31. The van der Waals surface area contributed by atoms with Crippen molar-refractivity contribution in [1.29, 1.82) is 0 Å². The topological polar surface area (TPSA) is 55.9 Å². The Labute approximate surface area is 103 Å². The lowest BCUT2D eigenvalue weighted by Gasteiger charge is -2.16. The third kappa shape index (κ3) is 2.55. The van der Waals surface area contributed by atoms with E-state index in [9.17, 15) is 8.78 Å². The Kier molecular flexibility index (Phi) is 3.69. The fraction of sp³-hybridized carbons (Fsp3) is 0.250. The first kappa shape index (κ1) is 12.7. The van der Waals surface area contributed by atoms with E-state index in [0.717, 1.165) is 24.0 Å². The first-order chi connectivity index (χ1) is 8.61. The molecular weight excluding hydrogens is 238 g/mol. The van der Waals surface area contributed by atoms with Crippen molar-refractivity contribution >= 4 is 0 Å². The normalized spacial score (nSPS) is 12.7. The van der Waals surface area contributed by atoms with Gasteiger partial charge in [0.1, 0.15) is 17.5 Å². The molecule has 0 amide bonds. The number of imidazole rings is 1. The highest BCUT2D eigenvalue weighted by molar-refractivity contribution is 5.23. The van der Waals surface area contributed by atoms with Gasteiger partial charge in [0.15, 0.2) is 0 Å². The highest BCUT2D eigenvalue weighted by Gasteiger charge is 2.17. The van der Waals surface area contributed by atoms with Gasteiger partial charge in [-0.2, -0.15) is 0 Å². The van der Waals surface area contributed by atoms with Crippen molar-refractivity contribution in [2.75, 3.05) is 0 Å². The molecular formula is C12H14F2N4. The van der Waals surface area contributed by atoms with E-state index in [4.69, 9.17) is 5.84 Å². The van der Waals surface area contributed by atoms with Gasteiger partial charge in [-0.1, -0.05) is 0 Å². The number of nitrogens with two attached hydrogens (primary N) is 1. The molecule has 1 aromatic heterocycles. The monoisotopic (exact) mass is 252 g/mol. The van der Waals surface area contributed by atoms with Crippen molar-refractivity contribution in [1.82, 2.24) is 15.0 Å². The first-order valence-corrected chi connectivity index (χ1v) is 5.49. The maximum absolute atomic E-state index is 13.6. The molecule has 18 heavy (non-hydrogen) atoms. The maximum atomic E-state index is 13.6. The van der Waals surface area contributed by atoms with Gasteiger partial charge in [0.25, 0.3) is 0 Å². The highest BCUT2D eigenvalue weighted by Crippen LogP contribution is 2.21. The minimum Gasteiger partial charge on any atom is -0.338 e. The predicted octanol–water partition coefficient (Wildman–Crippen LogP) is 1.45. The summed E-state index contributed by atoms with van der Waals surface area (Å²) in [4.78, 5) is 4.13. The van der Waals surface area contributed by atoms with Crippen LogP contribution in [0, 0.1) is 11.6 Å². The summed E-state index contributed by atoms with van der Waals surface area (Å²) in [7, 11) is 1.83. The number of halogens is 2. The van der Waals surface area contributed by atoms with Crippen molar-refractivity contribution in [2.24, 2.45) is 12.9 Å². The Morgan fingerprint density at radius 1 is 1.44 bits per heavy atom. The largest absolute Gasteiger partial charge is 0.338 e. The van der Waals surface area contributed by atoms with Crippen LogP contribution in [-0.2, 0) is 13.5 Å². The number of benzene rings is 1. The minimum absolute atomic E-state index is 0.195. The number of aryl methyl sites for hydroxylation is 1. The molecule has 0 saturated heterocycles. The average molecular weight is 252 g/mol. The average Bonchev–Trinajstić information content (AvgIpc) is 2.75. The number of aromatic nitrogens is 2. The molecule has 6 heteroatoms. The molecule has 0 radical (unpaired) electrons. The zero-order chi connectivity index (χ0) is 13.1. The highest BCUT2D eigenvalue weighted by atomic mass is 19.1. The molecule has 0 spiro atoms. The lowest BCUT2D eigenvalue weighted by molar-refractivity contribution is 0.490. The van der Waals surface area contributed by atoms with Crippen molar-refractivity contribution in [3.63, 3.8) is 0 Å². The fourth-order valence-electron chi connectivity index (χ4n) is 1.82. The Balaban J connectivity index is 2.28. The molecule has 1 unspecified atom stereocenters. The van der Waals surface area contributed by atoms with Crippen molar-refractivity contribution < 1.29 is 8.78 Å². The molecule has 1 atom stereocenters. The van der Waals surface area contributed by atoms with Gasteiger partial charge in [0.05, 0.1) is 6.04 Å². The molecule has 2 rings (SSSR count). The molecule has 0 aliphatic carbocycles. The van der Waals surface area contributed by atoms with Gasteiger partial charge in [-0.25, -0.2) is 13.8 Å². The predicted molar refractivity (Wildman–Crippen MR) is 63.3 cm³/mol. The van der Waals surface area contributed by atoms with E-state index in [2.05, 4.69) is 10.4 Å².